The third-order valence-electron chi connectivity index (χ3n) is 5.10. The van der Waals surface area contributed by atoms with Crippen molar-refractivity contribution in [1.29, 1.82) is 0 Å². The summed E-state index contributed by atoms with van der Waals surface area (Å²) in [5.41, 5.74) is 1.94. The number of likely N-dealkylation sites (tertiary alicyclic amines) is 1. The molecule has 7 heteroatoms. The number of tetrazole rings is 1. The Kier molecular flexibility index (Phi) is 4.38. The van der Waals surface area contributed by atoms with Crippen molar-refractivity contribution < 1.29 is 4.79 Å². The standard InChI is InChI=1S/C18H24N6O/c1-13-4-2-3-11-23(13)17(25)12-19-15-7-5-14(6-8-15)18-20-21-22-24(18)16-9-10-16/h5-8,13,16,19H,2-4,9-12H2,1H3/t13-/m1/s1. The Labute approximate surface area is 147 Å². The van der Waals surface area contributed by atoms with Crippen LogP contribution in [0.5, 0.6) is 0 Å². The van der Waals surface area contributed by atoms with Crippen molar-refractivity contribution in [3.63, 3.8) is 0 Å². The van der Waals surface area contributed by atoms with Crippen LogP contribution in [0.25, 0.3) is 11.4 Å². The number of hydrogen-bond donors (Lipinski definition) is 1. The number of hydrogen-bond acceptors (Lipinski definition) is 5. The Morgan fingerprint density at radius 2 is 2.00 bits per heavy atom. The second-order valence-electron chi connectivity index (χ2n) is 7.04. The third kappa shape index (κ3) is 3.50. The number of aromatic nitrogens is 4. The molecule has 0 spiro atoms. The fourth-order valence-corrected chi connectivity index (χ4v) is 3.43. The average molecular weight is 340 g/mol. The van der Waals surface area contributed by atoms with Crippen LogP contribution in [-0.4, -0.2) is 50.1 Å². The highest BCUT2D eigenvalue weighted by Gasteiger charge is 2.28. The molecule has 2 aromatic rings. The number of amides is 1. The lowest BCUT2D eigenvalue weighted by Crippen LogP contribution is -2.44. The van der Waals surface area contributed by atoms with Gasteiger partial charge in [-0.05, 0) is 73.7 Å². The van der Waals surface area contributed by atoms with Crippen LogP contribution >= 0.6 is 0 Å². The molecule has 1 aromatic carbocycles. The summed E-state index contributed by atoms with van der Waals surface area (Å²) in [4.78, 5) is 14.4. The second kappa shape index (κ2) is 6.82. The molecule has 2 heterocycles. The Morgan fingerprint density at radius 1 is 1.20 bits per heavy atom. The zero-order valence-corrected chi connectivity index (χ0v) is 14.6. The Hall–Kier alpha value is -2.44. The van der Waals surface area contributed by atoms with E-state index in [0.717, 1.165) is 49.3 Å². The number of carbonyl (C=O) groups excluding carboxylic acids is 1. The van der Waals surface area contributed by atoms with E-state index >= 15 is 0 Å². The molecule has 1 saturated heterocycles. The number of piperidine rings is 1. The summed E-state index contributed by atoms with van der Waals surface area (Å²) in [5.74, 6) is 0.987. The van der Waals surface area contributed by atoms with Crippen LogP contribution in [0.1, 0.15) is 45.1 Å². The summed E-state index contributed by atoms with van der Waals surface area (Å²) < 4.78 is 1.91. The van der Waals surface area contributed by atoms with Gasteiger partial charge in [0.15, 0.2) is 5.82 Å². The first kappa shape index (κ1) is 16.1. The number of nitrogens with zero attached hydrogens (tertiary/aromatic N) is 5. The number of benzene rings is 1. The molecule has 1 atom stereocenters. The number of nitrogens with one attached hydrogen (secondary N) is 1. The molecule has 132 valence electrons. The highest BCUT2D eigenvalue weighted by Crippen LogP contribution is 2.36. The van der Waals surface area contributed by atoms with Crippen LogP contribution in [0, 0.1) is 0 Å². The van der Waals surface area contributed by atoms with E-state index in [0.29, 0.717) is 18.6 Å². The maximum atomic E-state index is 12.4. The van der Waals surface area contributed by atoms with Gasteiger partial charge >= 0.3 is 0 Å². The fourth-order valence-electron chi connectivity index (χ4n) is 3.43. The van der Waals surface area contributed by atoms with E-state index in [2.05, 4.69) is 27.8 Å². The largest absolute Gasteiger partial charge is 0.376 e. The molecule has 2 fully saturated rings. The molecule has 2 aliphatic rings. The van der Waals surface area contributed by atoms with Crippen molar-refractivity contribution in [3.8, 4) is 11.4 Å². The summed E-state index contributed by atoms with van der Waals surface area (Å²) in [6, 6.07) is 8.77. The van der Waals surface area contributed by atoms with E-state index in [1.807, 2.05) is 33.8 Å². The van der Waals surface area contributed by atoms with Gasteiger partial charge in [0.05, 0.1) is 12.6 Å². The number of rotatable bonds is 5. The van der Waals surface area contributed by atoms with Crippen molar-refractivity contribution in [3.05, 3.63) is 24.3 Å². The van der Waals surface area contributed by atoms with E-state index in [1.165, 1.54) is 6.42 Å². The molecule has 1 saturated carbocycles. The Bertz CT molecular complexity index is 736. The lowest BCUT2D eigenvalue weighted by Gasteiger charge is -2.33. The predicted molar refractivity (Wildman–Crippen MR) is 95.0 cm³/mol. The van der Waals surface area contributed by atoms with Crippen molar-refractivity contribution in [2.45, 2.75) is 51.1 Å². The fraction of sp³-hybridized carbons (Fsp3) is 0.556. The van der Waals surface area contributed by atoms with E-state index < -0.39 is 0 Å². The SMILES string of the molecule is C[C@@H]1CCCCN1C(=O)CNc1ccc(-c2nnnn2C2CC2)cc1. The third-order valence-corrected chi connectivity index (χ3v) is 5.10. The number of anilines is 1. The highest BCUT2D eigenvalue weighted by molar-refractivity contribution is 5.81. The van der Waals surface area contributed by atoms with Gasteiger partial charge in [0.2, 0.25) is 5.91 Å². The zero-order valence-electron chi connectivity index (χ0n) is 14.6. The average Bonchev–Trinajstić information content (AvgIpc) is 3.37. The van der Waals surface area contributed by atoms with E-state index in [1.54, 1.807) is 0 Å². The molecule has 25 heavy (non-hydrogen) atoms. The molecule has 1 aliphatic heterocycles. The normalized spacial score (nSPS) is 20.5. The van der Waals surface area contributed by atoms with Crippen LogP contribution in [0.15, 0.2) is 24.3 Å². The molecule has 7 nitrogen and oxygen atoms in total. The molecule has 1 N–H and O–H groups in total. The summed E-state index contributed by atoms with van der Waals surface area (Å²) in [7, 11) is 0. The minimum atomic E-state index is 0.175. The summed E-state index contributed by atoms with van der Waals surface area (Å²) in [6.45, 7) is 3.35. The first-order valence-electron chi connectivity index (χ1n) is 9.14. The van der Waals surface area contributed by atoms with E-state index in [4.69, 9.17) is 0 Å². The summed E-state index contributed by atoms with van der Waals surface area (Å²) >= 11 is 0. The van der Waals surface area contributed by atoms with Gasteiger partial charge in [-0.15, -0.1) is 5.10 Å². The molecule has 1 aromatic heterocycles. The maximum absolute atomic E-state index is 12.4. The van der Waals surface area contributed by atoms with Gasteiger partial charge in [0, 0.05) is 23.8 Å². The van der Waals surface area contributed by atoms with Crippen LogP contribution in [-0.2, 0) is 4.79 Å². The van der Waals surface area contributed by atoms with Crippen LogP contribution < -0.4 is 5.32 Å². The Morgan fingerprint density at radius 3 is 2.72 bits per heavy atom. The molecule has 4 rings (SSSR count). The molecule has 1 aliphatic carbocycles. The van der Waals surface area contributed by atoms with E-state index in [9.17, 15) is 4.79 Å². The van der Waals surface area contributed by atoms with Crippen LogP contribution in [0.4, 0.5) is 5.69 Å². The highest BCUT2D eigenvalue weighted by atomic mass is 16.2. The minimum Gasteiger partial charge on any atom is -0.376 e. The Balaban J connectivity index is 1.37. The van der Waals surface area contributed by atoms with Crippen LogP contribution in [0.3, 0.4) is 0 Å². The molecule has 0 radical (unpaired) electrons. The van der Waals surface area contributed by atoms with Gasteiger partial charge in [-0.25, -0.2) is 4.68 Å². The van der Waals surface area contributed by atoms with E-state index in [-0.39, 0.29) is 5.91 Å². The van der Waals surface area contributed by atoms with Gasteiger partial charge in [-0.3, -0.25) is 4.79 Å². The molecule has 0 bridgehead atoms. The summed E-state index contributed by atoms with van der Waals surface area (Å²) in [6.07, 6.45) is 5.74. The lowest BCUT2D eigenvalue weighted by molar-refractivity contribution is -0.132. The predicted octanol–water partition coefficient (Wildman–Crippen LogP) is 2.49. The first-order valence-corrected chi connectivity index (χ1v) is 9.14. The molecule has 0 unspecified atom stereocenters. The quantitative estimate of drug-likeness (QED) is 0.905. The van der Waals surface area contributed by atoms with Gasteiger partial charge in [-0.2, -0.15) is 0 Å². The minimum absolute atomic E-state index is 0.175. The molecule has 1 amide bonds. The first-order chi connectivity index (χ1) is 12.2. The second-order valence-corrected chi connectivity index (χ2v) is 7.04. The van der Waals surface area contributed by atoms with Crippen molar-refractivity contribution in [2.75, 3.05) is 18.4 Å². The zero-order chi connectivity index (χ0) is 17.2. The molecular formula is C18H24N6O. The maximum Gasteiger partial charge on any atom is 0.242 e. The number of carbonyl (C=O) groups is 1. The molecular weight excluding hydrogens is 316 g/mol. The van der Waals surface area contributed by atoms with Crippen molar-refractivity contribution in [1.82, 2.24) is 25.1 Å². The smallest absolute Gasteiger partial charge is 0.242 e. The monoisotopic (exact) mass is 340 g/mol. The summed E-state index contributed by atoms with van der Waals surface area (Å²) in [5, 5.41) is 15.3. The van der Waals surface area contributed by atoms with Crippen molar-refractivity contribution in [2.24, 2.45) is 0 Å². The van der Waals surface area contributed by atoms with Crippen LogP contribution in [0.2, 0.25) is 0 Å². The lowest BCUT2D eigenvalue weighted by atomic mass is 10.0. The van der Waals surface area contributed by atoms with Gasteiger partial charge in [0.1, 0.15) is 0 Å². The van der Waals surface area contributed by atoms with Crippen molar-refractivity contribution >= 4 is 11.6 Å². The van der Waals surface area contributed by atoms with Gasteiger partial charge in [0.25, 0.3) is 0 Å². The van der Waals surface area contributed by atoms with Gasteiger partial charge < -0.3 is 10.2 Å². The van der Waals surface area contributed by atoms with Gasteiger partial charge in [-0.1, -0.05) is 0 Å². The topological polar surface area (TPSA) is 75.9 Å².